The number of rotatable bonds is 5. The van der Waals surface area contributed by atoms with E-state index < -0.39 is 0 Å². The van der Waals surface area contributed by atoms with Crippen molar-refractivity contribution >= 4 is 119 Å². The Morgan fingerprint density at radius 3 is 1.11 bits per heavy atom. The lowest BCUT2D eigenvalue weighted by molar-refractivity contribution is 0.585. The average Bonchev–Trinajstić information content (AvgIpc) is 1.60. The Morgan fingerprint density at radius 1 is 0.299 bits per heavy atom. The van der Waals surface area contributed by atoms with Crippen molar-refractivity contribution in [2.75, 3.05) is 49.0 Å². The van der Waals surface area contributed by atoms with Crippen LogP contribution in [0.4, 0.5) is 108 Å². The van der Waals surface area contributed by atoms with E-state index in [1.54, 1.807) is 43.0 Å². The first-order chi connectivity index (χ1) is 52.9. The third-order valence-corrected chi connectivity index (χ3v) is 22.6. The molecule has 0 saturated heterocycles. The molecule has 17 heterocycles. The fourth-order valence-corrected chi connectivity index (χ4v) is 18.2. The highest BCUT2D eigenvalue weighted by atomic mass is 32.1. The number of aryl methyl sites for hydroxylation is 1. The Labute approximate surface area is 623 Å². The van der Waals surface area contributed by atoms with Crippen LogP contribution in [-0.4, -0.2) is 91.7 Å². The molecule has 0 spiro atoms. The Bertz CT molecular complexity index is 5480. The molecule has 7 aromatic heterocycles. The van der Waals surface area contributed by atoms with E-state index in [-0.39, 0.29) is 24.7 Å². The SMILES string of the molecule is CC(C)N1c2ncncc2N2c3ccccc3CC21.Cc1ccccc1N1c2ncncc2N2c3ccccc3CC21.c1ccc(N2c3ncncc3N3c4ccccc4CC32)cc1.c1ccc(N2c3ncncc3N3c4ccccc4CC32)nc1.c1csc(N2c3cncnc3N3c4ccccc4CC23)c1. The van der Waals surface area contributed by atoms with Crippen LogP contribution in [0.2, 0.25) is 0 Å². The second kappa shape index (κ2) is 26.2. The quantitative estimate of drug-likeness (QED) is 0.159. The van der Waals surface area contributed by atoms with Gasteiger partial charge in [-0.25, -0.2) is 54.8 Å². The van der Waals surface area contributed by atoms with Gasteiger partial charge in [-0.3, -0.25) is 4.90 Å². The molecule has 14 aromatic rings. The number of thiophene rings is 1. The molecular formula is C85H71N21S. The number of hydrogen-bond acceptors (Lipinski definition) is 22. The fourth-order valence-electron chi connectivity index (χ4n) is 17.4. The molecule has 5 atom stereocenters. The molecule has 24 rings (SSSR count). The zero-order valence-corrected chi connectivity index (χ0v) is 59.7. The van der Waals surface area contributed by atoms with E-state index in [2.05, 4.69) is 312 Å². The monoisotopic (exact) mass is 1420 g/mol. The second-order valence-electron chi connectivity index (χ2n) is 27.8. The summed E-state index contributed by atoms with van der Waals surface area (Å²) in [5, 5.41) is 3.36. The van der Waals surface area contributed by atoms with Crippen molar-refractivity contribution in [3.05, 3.63) is 314 Å². The molecule has 0 saturated carbocycles. The van der Waals surface area contributed by atoms with Crippen LogP contribution in [0, 0.1) is 6.92 Å². The van der Waals surface area contributed by atoms with Crippen LogP contribution in [0.5, 0.6) is 0 Å². The molecule has 522 valence electrons. The highest BCUT2D eigenvalue weighted by Crippen LogP contribution is 2.57. The second-order valence-corrected chi connectivity index (χ2v) is 28.7. The maximum atomic E-state index is 4.59. The van der Waals surface area contributed by atoms with E-state index in [1.807, 2.05) is 61.4 Å². The van der Waals surface area contributed by atoms with Gasteiger partial charge in [0, 0.05) is 84.2 Å². The third kappa shape index (κ3) is 10.4. The molecular weight excluding hydrogens is 1350 g/mol. The van der Waals surface area contributed by atoms with E-state index in [1.165, 1.54) is 78.2 Å². The van der Waals surface area contributed by atoms with Crippen molar-refractivity contribution in [1.29, 1.82) is 0 Å². The van der Waals surface area contributed by atoms with Crippen molar-refractivity contribution in [3.8, 4) is 0 Å². The van der Waals surface area contributed by atoms with Crippen LogP contribution in [-0.2, 0) is 32.1 Å². The summed E-state index contributed by atoms with van der Waals surface area (Å²) in [6.07, 6.45) is 25.8. The van der Waals surface area contributed by atoms with E-state index in [0.717, 1.165) is 95.4 Å². The molecule has 7 aromatic carbocycles. The summed E-state index contributed by atoms with van der Waals surface area (Å²) in [5.41, 5.74) is 22.3. The maximum Gasteiger partial charge on any atom is 0.163 e. The molecule has 5 unspecified atom stereocenters. The number of anilines is 19. The van der Waals surface area contributed by atoms with Crippen LogP contribution in [0.15, 0.2) is 280 Å². The highest BCUT2D eigenvalue weighted by molar-refractivity contribution is 7.14. The summed E-state index contributed by atoms with van der Waals surface area (Å²) >= 11 is 1.76. The van der Waals surface area contributed by atoms with E-state index in [0.29, 0.717) is 12.2 Å². The van der Waals surface area contributed by atoms with Gasteiger partial charge in [0.2, 0.25) is 0 Å². The minimum Gasteiger partial charge on any atom is -0.331 e. The molecule has 21 nitrogen and oxygen atoms in total. The van der Waals surface area contributed by atoms with Gasteiger partial charge in [0.1, 0.15) is 96.7 Å². The Hall–Kier alpha value is -13.2. The molecule has 107 heavy (non-hydrogen) atoms. The molecule has 10 aliphatic heterocycles. The van der Waals surface area contributed by atoms with E-state index in [4.69, 9.17) is 0 Å². The van der Waals surface area contributed by atoms with Crippen LogP contribution in [0.3, 0.4) is 0 Å². The molecule has 10 aliphatic rings. The predicted octanol–water partition coefficient (Wildman–Crippen LogP) is 17.1. The topological polar surface area (TPSA) is 174 Å². The minimum absolute atomic E-state index is 0.180. The predicted molar refractivity (Wildman–Crippen MR) is 423 cm³/mol. The largest absolute Gasteiger partial charge is 0.331 e. The normalized spacial score (nSPS) is 18.4. The van der Waals surface area contributed by atoms with Crippen molar-refractivity contribution in [3.63, 3.8) is 0 Å². The third-order valence-electron chi connectivity index (χ3n) is 21.7. The molecule has 22 heteroatoms. The van der Waals surface area contributed by atoms with Gasteiger partial charge in [-0.1, -0.05) is 133 Å². The number of para-hydroxylation sites is 7. The lowest BCUT2D eigenvalue weighted by Crippen LogP contribution is -2.43. The average molecular weight is 1420 g/mol. The number of aromatic nitrogens is 11. The van der Waals surface area contributed by atoms with Crippen LogP contribution in [0.1, 0.15) is 47.2 Å². The van der Waals surface area contributed by atoms with E-state index >= 15 is 0 Å². The summed E-state index contributed by atoms with van der Waals surface area (Å²) in [5.74, 6) is 5.89. The van der Waals surface area contributed by atoms with Gasteiger partial charge in [0.15, 0.2) is 29.1 Å². The Kier molecular flexibility index (Phi) is 15.5. The molecule has 0 amide bonds. The lowest BCUT2D eigenvalue weighted by Gasteiger charge is -2.30. The van der Waals surface area contributed by atoms with Gasteiger partial charge < -0.3 is 44.1 Å². The highest BCUT2D eigenvalue weighted by Gasteiger charge is 2.49. The maximum absolute atomic E-state index is 4.59. The van der Waals surface area contributed by atoms with Gasteiger partial charge in [-0.2, -0.15) is 0 Å². The fraction of sp³-hybridized carbons (Fsp3) is 0.165. The summed E-state index contributed by atoms with van der Waals surface area (Å²) in [7, 11) is 0. The van der Waals surface area contributed by atoms with Crippen molar-refractivity contribution in [1.82, 2.24) is 54.8 Å². The number of hydrogen-bond donors (Lipinski definition) is 0. The number of fused-ring (bicyclic) bond motifs is 25. The molecule has 0 fully saturated rings. The van der Waals surface area contributed by atoms with E-state index in [9.17, 15) is 0 Å². The number of benzene rings is 7. The van der Waals surface area contributed by atoms with Gasteiger partial charge >= 0.3 is 0 Å². The van der Waals surface area contributed by atoms with Crippen LogP contribution < -0.4 is 49.0 Å². The zero-order chi connectivity index (χ0) is 71.2. The first-order valence-corrected chi connectivity index (χ1v) is 37.2. The van der Waals surface area contributed by atoms with Gasteiger partial charge in [0.05, 0.1) is 36.0 Å². The lowest BCUT2D eigenvalue weighted by atomic mass is 10.1. The number of pyridine rings is 1. The van der Waals surface area contributed by atoms with Crippen molar-refractivity contribution in [2.24, 2.45) is 0 Å². The van der Waals surface area contributed by atoms with Crippen LogP contribution in [0.25, 0.3) is 0 Å². The Morgan fingerprint density at radius 2 is 0.654 bits per heavy atom. The standard InChI is InChI=1S/C19H16N4.C18H14N4.C17H13N5.C16H12N4S.C15H16N4/c1-13-6-2-4-8-15(13)23-18-10-14-7-3-5-9-16(14)22(18)17-11-20-12-21-19(17)23;1-2-7-14(8-3-1)21-17-10-13-6-4-5-9-15(13)22(17)16-11-19-12-20-18(16)21;1-2-6-13-12(5-1)9-16-21(13)14-10-18-11-20-17(14)22(16)15-7-3-4-8-19-15;1-2-5-12-11(4-1)8-14-19(15-6-3-7-21-15)13-9-17-10-18-16(13)20(12)14;1-10(2)18-14-7-11-5-3-4-6-12(11)19(14)13-8-16-9-17-15(13)18/h2-9,11-12,18H,10H2,1H3;1-9,11-12,17H,10H2;1-8,10-11,16H,9H2;1-7,9-10,14H,8H2;3-6,8-10,14H,7H2,1-2H3. The van der Waals surface area contributed by atoms with Gasteiger partial charge in [-0.15, -0.1) is 11.3 Å². The smallest absolute Gasteiger partial charge is 0.163 e. The minimum atomic E-state index is 0.180. The molecule has 0 bridgehead atoms. The van der Waals surface area contributed by atoms with Gasteiger partial charge in [-0.05, 0) is 132 Å². The first kappa shape index (κ1) is 63.5. The summed E-state index contributed by atoms with van der Waals surface area (Å²) in [4.78, 5) is 71.7. The summed E-state index contributed by atoms with van der Waals surface area (Å²) in [6, 6.07) is 72.5. The number of nitrogens with zero attached hydrogens (tertiary/aromatic N) is 21. The Balaban J connectivity index is 0.0000000884. The van der Waals surface area contributed by atoms with Gasteiger partial charge in [0.25, 0.3) is 0 Å². The van der Waals surface area contributed by atoms with Crippen molar-refractivity contribution in [2.45, 2.75) is 89.7 Å². The van der Waals surface area contributed by atoms with Crippen molar-refractivity contribution < 1.29 is 0 Å². The molecule has 0 N–H and O–H groups in total. The summed E-state index contributed by atoms with van der Waals surface area (Å²) < 4.78 is 0. The summed E-state index contributed by atoms with van der Waals surface area (Å²) in [6.45, 7) is 6.59. The molecule has 0 aliphatic carbocycles. The van der Waals surface area contributed by atoms with Crippen LogP contribution >= 0.6 is 11.3 Å². The first-order valence-electron chi connectivity index (χ1n) is 36.3. The zero-order valence-electron chi connectivity index (χ0n) is 58.9. The molecule has 0 radical (unpaired) electrons.